The minimum Gasteiger partial charge on any atom is -0.324 e. The van der Waals surface area contributed by atoms with Crippen molar-refractivity contribution < 1.29 is 8.42 Å². The lowest BCUT2D eigenvalue weighted by molar-refractivity contribution is 0.601. The number of allylic oxidation sites excluding steroid dienone is 1. The molecule has 0 bridgehead atoms. The van der Waals surface area contributed by atoms with Gasteiger partial charge in [-0.15, -0.1) is 6.58 Å². The Balaban J connectivity index is 2.82. The predicted molar refractivity (Wildman–Crippen MR) is 65.9 cm³/mol. The van der Waals surface area contributed by atoms with Crippen molar-refractivity contribution in [2.45, 2.75) is 23.8 Å². The molecule has 0 amide bonds. The molecule has 0 aliphatic carbocycles. The lowest BCUT2D eigenvalue weighted by atomic mass is 10.0. The van der Waals surface area contributed by atoms with Crippen LogP contribution < -0.4 is 5.73 Å². The highest BCUT2D eigenvalue weighted by molar-refractivity contribution is 7.90. The first-order valence-corrected chi connectivity index (χ1v) is 7.01. The van der Waals surface area contributed by atoms with Crippen molar-refractivity contribution in [3.8, 4) is 0 Å². The van der Waals surface area contributed by atoms with E-state index in [4.69, 9.17) is 5.73 Å². The highest BCUT2D eigenvalue weighted by atomic mass is 32.2. The van der Waals surface area contributed by atoms with Crippen LogP contribution in [0.5, 0.6) is 0 Å². The molecular formula is C12H17NO2S. The van der Waals surface area contributed by atoms with Crippen LogP contribution in [-0.2, 0) is 9.84 Å². The van der Waals surface area contributed by atoms with Crippen molar-refractivity contribution in [3.05, 3.63) is 42.5 Å². The molecule has 4 heteroatoms. The predicted octanol–water partition coefficient (Wildman–Crippen LogP) is 2.06. The maximum atomic E-state index is 11.2. The van der Waals surface area contributed by atoms with E-state index >= 15 is 0 Å². The molecule has 0 heterocycles. The molecule has 2 N–H and O–H groups in total. The highest BCUT2D eigenvalue weighted by Crippen LogP contribution is 2.18. The molecule has 0 saturated carbocycles. The van der Waals surface area contributed by atoms with Gasteiger partial charge in [-0.2, -0.15) is 0 Å². The van der Waals surface area contributed by atoms with Crippen molar-refractivity contribution in [1.82, 2.24) is 0 Å². The minimum absolute atomic E-state index is 0.0633. The summed E-state index contributed by atoms with van der Waals surface area (Å²) in [4.78, 5) is 0.326. The summed E-state index contributed by atoms with van der Waals surface area (Å²) in [7, 11) is -3.12. The Labute approximate surface area is 96.9 Å². The fourth-order valence-corrected chi connectivity index (χ4v) is 2.06. The van der Waals surface area contributed by atoms with Crippen LogP contribution >= 0.6 is 0 Å². The molecule has 0 aromatic heterocycles. The van der Waals surface area contributed by atoms with Crippen molar-refractivity contribution in [3.63, 3.8) is 0 Å². The van der Waals surface area contributed by atoms with Crippen LogP contribution in [0.2, 0.25) is 0 Å². The van der Waals surface area contributed by atoms with Gasteiger partial charge in [0.25, 0.3) is 0 Å². The van der Waals surface area contributed by atoms with Gasteiger partial charge in [0.2, 0.25) is 0 Å². The summed E-state index contributed by atoms with van der Waals surface area (Å²) in [6.07, 6.45) is 4.70. The number of benzene rings is 1. The topological polar surface area (TPSA) is 60.2 Å². The van der Waals surface area contributed by atoms with Crippen molar-refractivity contribution in [1.29, 1.82) is 0 Å². The third-order valence-corrected chi connectivity index (χ3v) is 3.55. The highest BCUT2D eigenvalue weighted by Gasteiger charge is 2.09. The number of hydrogen-bond donors (Lipinski definition) is 1. The van der Waals surface area contributed by atoms with Crippen molar-refractivity contribution in [2.24, 2.45) is 5.73 Å². The number of nitrogens with two attached hydrogens (primary N) is 1. The molecule has 1 atom stereocenters. The monoisotopic (exact) mass is 239 g/mol. The number of hydrogen-bond acceptors (Lipinski definition) is 3. The zero-order valence-electron chi connectivity index (χ0n) is 9.39. The summed E-state index contributed by atoms with van der Waals surface area (Å²) in [5, 5.41) is 0. The lowest BCUT2D eigenvalue weighted by Gasteiger charge is -2.10. The van der Waals surface area contributed by atoms with Gasteiger partial charge < -0.3 is 5.73 Å². The van der Waals surface area contributed by atoms with Crippen LogP contribution in [0.1, 0.15) is 24.4 Å². The molecule has 1 aromatic carbocycles. The van der Waals surface area contributed by atoms with E-state index in [1.165, 1.54) is 6.26 Å². The normalized spacial score (nSPS) is 13.4. The van der Waals surface area contributed by atoms with Gasteiger partial charge in [-0.3, -0.25) is 0 Å². The van der Waals surface area contributed by atoms with Gasteiger partial charge in [0, 0.05) is 12.3 Å². The number of sulfone groups is 1. The average molecular weight is 239 g/mol. The van der Waals surface area contributed by atoms with Gasteiger partial charge in [0.1, 0.15) is 0 Å². The molecule has 0 radical (unpaired) electrons. The van der Waals surface area contributed by atoms with Crippen LogP contribution in [0.4, 0.5) is 0 Å². The van der Waals surface area contributed by atoms with Gasteiger partial charge in [-0.05, 0) is 30.5 Å². The van der Waals surface area contributed by atoms with E-state index in [-0.39, 0.29) is 6.04 Å². The SMILES string of the molecule is C=CCC[C@H](N)c1ccc(S(C)(=O)=O)cc1. The first kappa shape index (κ1) is 12.9. The van der Waals surface area contributed by atoms with Crippen LogP contribution in [0.15, 0.2) is 41.8 Å². The second kappa shape index (κ2) is 5.27. The first-order valence-electron chi connectivity index (χ1n) is 5.11. The molecule has 0 aliphatic heterocycles. The first-order chi connectivity index (χ1) is 7.45. The zero-order chi connectivity index (χ0) is 12.2. The summed E-state index contributed by atoms with van der Waals surface area (Å²) in [5.74, 6) is 0. The maximum absolute atomic E-state index is 11.2. The zero-order valence-corrected chi connectivity index (χ0v) is 10.2. The molecule has 16 heavy (non-hydrogen) atoms. The van der Waals surface area contributed by atoms with E-state index in [1.54, 1.807) is 24.3 Å². The van der Waals surface area contributed by atoms with E-state index in [2.05, 4.69) is 6.58 Å². The Morgan fingerprint density at radius 1 is 1.38 bits per heavy atom. The van der Waals surface area contributed by atoms with Crippen LogP contribution in [0.3, 0.4) is 0 Å². The van der Waals surface area contributed by atoms with Gasteiger partial charge >= 0.3 is 0 Å². The Morgan fingerprint density at radius 3 is 2.38 bits per heavy atom. The molecule has 1 rings (SSSR count). The average Bonchev–Trinajstić information content (AvgIpc) is 2.25. The van der Waals surface area contributed by atoms with E-state index in [0.717, 1.165) is 18.4 Å². The summed E-state index contributed by atoms with van der Waals surface area (Å²) in [5.41, 5.74) is 6.90. The van der Waals surface area contributed by atoms with Crippen LogP contribution in [0, 0.1) is 0 Å². The molecule has 3 nitrogen and oxygen atoms in total. The second-order valence-corrected chi connectivity index (χ2v) is 5.83. The van der Waals surface area contributed by atoms with E-state index in [0.29, 0.717) is 4.90 Å². The molecule has 0 fully saturated rings. The standard InChI is InChI=1S/C12H17NO2S/c1-3-4-5-12(13)10-6-8-11(9-7-10)16(2,14)15/h3,6-9,12H,1,4-5,13H2,2H3/t12-/m0/s1. The van der Waals surface area contributed by atoms with E-state index in [9.17, 15) is 8.42 Å². The Bertz CT molecular complexity index is 448. The summed E-state index contributed by atoms with van der Waals surface area (Å²) in [6, 6.07) is 6.66. The van der Waals surface area contributed by atoms with Crippen LogP contribution in [0.25, 0.3) is 0 Å². The molecule has 0 saturated heterocycles. The molecule has 0 aliphatic rings. The third kappa shape index (κ3) is 3.47. The lowest BCUT2D eigenvalue weighted by Crippen LogP contribution is -2.10. The Hall–Kier alpha value is -1.13. The van der Waals surface area contributed by atoms with E-state index in [1.807, 2.05) is 6.08 Å². The van der Waals surface area contributed by atoms with Gasteiger partial charge in [-0.1, -0.05) is 18.2 Å². The minimum atomic E-state index is -3.12. The molecule has 0 spiro atoms. The van der Waals surface area contributed by atoms with Gasteiger partial charge in [0.05, 0.1) is 4.90 Å². The summed E-state index contributed by atoms with van der Waals surface area (Å²) in [6.45, 7) is 3.64. The maximum Gasteiger partial charge on any atom is 0.175 e. The second-order valence-electron chi connectivity index (χ2n) is 3.81. The number of rotatable bonds is 5. The Kier molecular flexibility index (Phi) is 4.26. The van der Waals surface area contributed by atoms with Crippen molar-refractivity contribution >= 4 is 9.84 Å². The van der Waals surface area contributed by atoms with E-state index < -0.39 is 9.84 Å². The molecule has 0 unspecified atom stereocenters. The third-order valence-electron chi connectivity index (χ3n) is 2.42. The largest absolute Gasteiger partial charge is 0.324 e. The fourth-order valence-electron chi connectivity index (χ4n) is 1.43. The molecule has 1 aromatic rings. The summed E-state index contributed by atoms with van der Waals surface area (Å²) >= 11 is 0. The molecular weight excluding hydrogens is 222 g/mol. The quantitative estimate of drug-likeness (QED) is 0.800. The Morgan fingerprint density at radius 2 is 1.94 bits per heavy atom. The van der Waals surface area contributed by atoms with Gasteiger partial charge in [0.15, 0.2) is 9.84 Å². The van der Waals surface area contributed by atoms with Crippen molar-refractivity contribution in [2.75, 3.05) is 6.26 Å². The smallest absolute Gasteiger partial charge is 0.175 e. The fraction of sp³-hybridized carbons (Fsp3) is 0.333. The van der Waals surface area contributed by atoms with Crippen LogP contribution in [-0.4, -0.2) is 14.7 Å². The summed E-state index contributed by atoms with van der Waals surface area (Å²) < 4.78 is 22.5. The molecule has 88 valence electrons. The van der Waals surface area contributed by atoms with Gasteiger partial charge in [-0.25, -0.2) is 8.42 Å².